The number of primary amides is 1. The highest BCUT2D eigenvalue weighted by Crippen LogP contribution is 2.21. The van der Waals surface area contributed by atoms with Gasteiger partial charge in [0.15, 0.2) is 0 Å². The number of nitrogens with zero attached hydrogens (tertiary/aromatic N) is 1. The number of rotatable bonds is 3. The fourth-order valence-electron chi connectivity index (χ4n) is 1.96. The summed E-state index contributed by atoms with van der Waals surface area (Å²) in [6.07, 6.45) is 2.83. The minimum atomic E-state index is -0.150. The van der Waals surface area contributed by atoms with Crippen molar-refractivity contribution in [2.75, 3.05) is 13.1 Å². The molecule has 3 nitrogen and oxygen atoms in total. The van der Waals surface area contributed by atoms with Gasteiger partial charge in [-0.3, -0.25) is 4.79 Å². The SMILES string of the molecule is CC.CC(C)N1CCC(CC(N)=O)CC1. The lowest BCUT2D eigenvalue weighted by Crippen LogP contribution is -2.39. The van der Waals surface area contributed by atoms with Gasteiger partial charge in [-0.05, 0) is 45.7 Å². The van der Waals surface area contributed by atoms with Crippen LogP contribution in [0.25, 0.3) is 0 Å². The molecule has 1 rings (SSSR count). The van der Waals surface area contributed by atoms with E-state index in [1.54, 1.807) is 0 Å². The Morgan fingerprint density at radius 3 is 2.13 bits per heavy atom. The van der Waals surface area contributed by atoms with Crippen molar-refractivity contribution in [3.05, 3.63) is 0 Å². The highest BCUT2D eigenvalue weighted by atomic mass is 16.1. The van der Waals surface area contributed by atoms with Crippen LogP contribution in [0, 0.1) is 5.92 Å². The molecule has 15 heavy (non-hydrogen) atoms. The van der Waals surface area contributed by atoms with E-state index >= 15 is 0 Å². The number of piperidine rings is 1. The van der Waals surface area contributed by atoms with Crippen molar-refractivity contribution in [2.24, 2.45) is 11.7 Å². The van der Waals surface area contributed by atoms with Crippen LogP contribution in [0.2, 0.25) is 0 Å². The van der Waals surface area contributed by atoms with Crippen LogP contribution in [0.3, 0.4) is 0 Å². The zero-order chi connectivity index (χ0) is 11.8. The van der Waals surface area contributed by atoms with Crippen molar-refractivity contribution < 1.29 is 4.79 Å². The average molecular weight is 214 g/mol. The molecule has 0 saturated carbocycles. The van der Waals surface area contributed by atoms with Gasteiger partial charge in [-0.1, -0.05) is 13.8 Å². The second kappa shape index (κ2) is 7.69. The van der Waals surface area contributed by atoms with Crippen LogP contribution in [0.4, 0.5) is 0 Å². The van der Waals surface area contributed by atoms with E-state index in [1.165, 1.54) is 0 Å². The fraction of sp³-hybridized carbons (Fsp3) is 0.917. The highest BCUT2D eigenvalue weighted by molar-refractivity contribution is 5.73. The maximum absolute atomic E-state index is 10.7. The first-order valence-corrected chi connectivity index (χ1v) is 6.12. The van der Waals surface area contributed by atoms with Gasteiger partial charge in [-0.2, -0.15) is 0 Å². The lowest BCUT2D eigenvalue weighted by molar-refractivity contribution is -0.119. The van der Waals surface area contributed by atoms with Gasteiger partial charge in [0, 0.05) is 12.5 Å². The van der Waals surface area contributed by atoms with Gasteiger partial charge in [0.05, 0.1) is 0 Å². The Morgan fingerprint density at radius 1 is 1.33 bits per heavy atom. The molecule has 1 aliphatic rings. The van der Waals surface area contributed by atoms with Crippen molar-refractivity contribution in [1.29, 1.82) is 0 Å². The predicted molar refractivity (Wildman–Crippen MR) is 64.6 cm³/mol. The summed E-state index contributed by atoms with van der Waals surface area (Å²) in [6, 6.07) is 0.634. The third-order valence-electron chi connectivity index (χ3n) is 2.87. The minimum absolute atomic E-state index is 0.150. The monoisotopic (exact) mass is 214 g/mol. The van der Waals surface area contributed by atoms with Crippen LogP contribution in [-0.4, -0.2) is 29.9 Å². The number of likely N-dealkylation sites (tertiary alicyclic amines) is 1. The maximum Gasteiger partial charge on any atom is 0.217 e. The molecule has 90 valence electrons. The summed E-state index contributed by atoms with van der Waals surface area (Å²) in [4.78, 5) is 13.1. The molecule has 1 heterocycles. The molecule has 1 saturated heterocycles. The van der Waals surface area contributed by atoms with Gasteiger partial charge in [0.25, 0.3) is 0 Å². The topological polar surface area (TPSA) is 46.3 Å². The number of amides is 1. The Balaban J connectivity index is 0.000000921. The number of hydrogen-bond donors (Lipinski definition) is 1. The Labute approximate surface area is 94.0 Å². The summed E-state index contributed by atoms with van der Waals surface area (Å²) >= 11 is 0. The van der Waals surface area contributed by atoms with Crippen LogP contribution < -0.4 is 5.73 Å². The Morgan fingerprint density at radius 2 is 1.80 bits per heavy atom. The zero-order valence-electron chi connectivity index (χ0n) is 10.6. The largest absolute Gasteiger partial charge is 0.370 e. The van der Waals surface area contributed by atoms with E-state index in [4.69, 9.17) is 5.73 Å². The van der Waals surface area contributed by atoms with Crippen LogP contribution in [-0.2, 0) is 4.79 Å². The summed E-state index contributed by atoms with van der Waals surface area (Å²) in [7, 11) is 0. The Bertz CT molecular complexity index is 172. The Hall–Kier alpha value is -0.570. The molecular weight excluding hydrogens is 188 g/mol. The highest BCUT2D eigenvalue weighted by Gasteiger charge is 2.21. The quantitative estimate of drug-likeness (QED) is 0.781. The van der Waals surface area contributed by atoms with E-state index in [2.05, 4.69) is 18.7 Å². The molecule has 0 spiro atoms. The molecule has 0 aliphatic carbocycles. The van der Waals surface area contributed by atoms with Crippen molar-refractivity contribution in [1.82, 2.24) is 4.90 Å². The maximum atomic E-state index is 10.7. The van der Waals surface area contributed by atoms with E-state index in [1.807, 2.05) is 13.8 Å². The van der Waals surface area contributed by atoms with E-state index in [-0.39, 0.29) is 5.91 Å². The van der Waals surface area contributed by atoms with E-state index in [0.717, 1.165) is 25.9 Å². The van der Waals surface area contributed by atoms with Gasteiger partial charge in [-0.25, -0.2) is 0 Å². The number of carbonyl (C=O) groups excluding carboxylic acids is 1. The first-order chi connectivity index (χ1) is 7.09. The van der Waals surface area contributed by atoms with E-state index in [9.17, 15) is 4.79 Å². The molecule has 1 fully saturated rings. The summed E-state index contributed by atoms with van der Waals surface area (Å²) in [5.74, 6) is 0.385. The summed E-state index contributed by atoms with van der Waals surface area (Å²) in [5.41, 5.74) is 5.17. The van der Waals surface area contributed by atoms with E-state index < -0.39 is 0 Å². The Kier molecular flexibility index (Phi) is 7.39. The molecule has 1 aliphatic heterocycles. The molecular formula is C12H26N2O. The van der Waals surface area contributed by atoms with Gasteiger partial charge < -0.3 is 10.6 Å². The van der Waals surface area contributed by atoms with Crippen molar-refractivity contribution in [3.8, 4) is 0 Å². The zero-order valence-corrected chi connectivity index (χ0v) is 10.6. The molecule has 0 aromatic carbocycles. The first-order valence-electron chi connectivity index (χ1n) is 6.12. The van der Waals surface area contributed by atoms with Gasteiger partial charge in [0.1, 0.15) is 0 Å². The summed E-state index contributed by atoms with van der Waals surface area (Å²) < 4.78 is 0. The summed E-state index contributed by atoms with van der Waals surface area (Å²) in [5, 5.41) is 0. The predicted octanol–water partition coefficient (Wildman–Crippen LogP) is 2.01. The molecule has 1 amide bonds. The molecule has 0 radical (unpaired) electrons. The smallest absolute Gasteiger partial charge is 0.217 e. The molecule has 0 aromatic rings. The molecule has 2 N–H and O–H groups in total. The third kappa shape index (κ3) is 5.78. The lowest BCUT2D eigenvalue weighted by atomic mass is 9.93. The normalized spacial score (nSPS) is 18.5. The second-order valence-corrected chi connectivity index (χ2v) is 4.24. The standard InChI is InChI=1S/C10H20N2O.C2H6/c1-8(2)12-5-3-9(4-6-12)7-10(11)13;1-2/h8-9H,3-7H2,1-2H3,(H2,11,13);1-2H3. The van der Waals surface area contributed by atoms with Crippen molar-refractivity contribution in [2.45, 2.75) is 53.0 Å². The van der Waals surface area contributed by atoms with Crippen LogP contribution in [0.15, 0.2) is 0 Å². The second-order valence-electron chi connectivity index (χ2n) is 4.24. The van der Waals surface area contributed by atoms with Crippen molar-refractivity contribution >= 4 is 5.91 Å². The number of carbonyl (C=O) groups is 1. The molecule has 0 bridgehead atoms. The molecule has 0 atom stereocenters. The van der Waals surface area contributed by atoms with Crippen molar-refractivity contribution in [3.63, 3.8) is 0 Å². The van der Waals surface area contributed by atoms with Gasteiger partial charge in [0.2, 0.25) is 5.91 Å². The molecule has 3 heteroatoms. The minimum Gasteiger partial charge on any atom is -0.370 e. The number of nitrogens with two attached hydrogens (primary N) is 1. The lowest BCUT2D eigenvalue weighted by Gasteiger charge is -2.34. The fourth-order valence-corrected chi connectivity index (χ4v) is 1.96. The first kappa shape index (κ1) is 14.4. The van der Waals surface area contributed by atoms with E-state index in [0.29, 0.717) is 18.4 Å². The number of hydrogen-bond acceptors (Lipinski definition) is 2. The molecule has 0 unspecified atom stereocenters. The van der Waals surface area contributed by atoms with Gasteiger partial charge >= 0.3 is 0 Å². The van der Waals surface area contributed by atoms with Gasteiger partial charge in [-0.15, -0.1) is 0 Å². The van der Waals surface area contributed by atoms with Crippen LogP contribution in [0.1, 0.15) is 47.0 Å². The summed E-state index contributed by atoms with van der Waals surface area (Å²) in [6.45, 7) is 10.7. The average Bonchev–Trinajstić information content (AvgIpc) is 2.20. The van der Waals surface area contributed by atoms with Crippen LogP contribution in [0.5, 0.6) is 0 Å². The molecule has 0 aromatic heterocycles. The third-order valence-corrected chi connectivity index (χ3v) is 2.87. The van der Waals surface area contributed by atoms with Crippen LogP contribution >= 0.6 is 0 Å².